The third-order valence-corrected chi connectivity index (χ3v) is 3.37. The molecule has 1 aromatic rings. The monoisotopic (exact) mass is 324 g/mol. The van der Waals surface area contributed by atoms with E-state index >= 15 is 0 Å². The van der Waals surface area contributed by atoms with Crippen LogP contribution in [0.2, 0.25) is 0 Å². The van der Waals surface area contributed by atoms with E-state index in [1.807, 2.05) is 13.8 Å². The highest BCUT2D eigenvalue weighted by atomic mass is 79.9. The van der Waals surface area contributed by atoms with Crippen LogP contribution in [0.15, 0.2) is 22.7 Å². The Kier molecular flexibility index (Phi) is 5.84. The molecule has 0 N–H and O–H groups in total. The van der Waals surface area contributed by atoms with Crippen molar-refractivity contribution in [3.05, 3.63) is 28.2 Å². The summed E-state index contributed by atoms with van der Waals surface area (Å²) in [6.07, 6.45) is 0.335. The Morgan fingerprint density at radius 3 is 2.68 bits per heavy atom. The van der Waals surface area contributed by atoms with E-state index in [2.05, 4.69) is 22.0 Å². The maximum atomic E-state index is 12.4. The molecule has 5 heteroatoms. The van der Waals surface area contributed by atoms with Crippen LogP contribution in [0, 0.1) is 11.3 Å². The molecule has 0 saturated heterocycles. The fourth-order valence-electron chi connectivity index (χ4n) is 1.73. The first-order chi connectivity index (χ1) is 9.01. The van der Waals surface area contributed by atoms with Crippen molar-refractivity contribution in [2.45, 2.75) is 26.3 Å². The molecule has 0 fully saturated rings. The second-order valence-electron chi connectivity index (χ2n) is 4.35. The molecule has 1 aromatic carbocycles. The molecule has 0 radical (unpaired) electrons. The Balaban J connectivity index is 2.97. The molecule has 0 heterocycles. The van der Waals surface area contributed by atoms with Gasteiger partial charge in [-0.15, -0.1) is 0 Å². The van der Waals surface area contributed by atoms with Gasteiger partial charge in [-0.3, -0.25) is 4.79 Å². The van der Waals surface area contributed by atoms with E-state index in [0.717, 1.165) is 4.47 Å². The lowest BCUT2D eigenvalue weighted by atomic mass is 10.1. The summed E-state index contributed by atoms with van der Waals surface area (Å²) in [6.45, 7) is 4.32. The molecule has 0 saturated carbocycles. The van der Waals surface area contributed by atoms with Gasteiger partial charge in [-0.1, -0.05) is 0 Å². The van der Waals surface area contributed by atoms with E-state index in [0.29, 0.717) is 24.3 Å². The van der Waals surface area contributed by atoms with Crippen LogP contribution >= 0.6 is 15.9 Å². The smallest absolute Gasteiger partial charge is 0.254 e. The Morgan fingerprint density at radius 2 is 2.21 bits per heavy atom. The van der Waals surface area contributed by atoms with E-state index in [4.69, 9.17) is 10.00 Å². The van der Waals surface area contributed by atoms with Crippen LogP contribution in [0.3, 0.4) is 0 Å². The zero-order valence-electron chi connectivity index (χ0n) is 11.3. The molecule has 102 valence electrons. The van der Waals surface area contributed by atoms with E-state index in [1.165, 1.54) is 0 Å². The number of nitrogens with zero attached hydrogens (tertiary/aromatic N) is 2. The van der Waals surface area contributed by atoms with Gasteiger partial charge in [-0.25, -0.2) is 0 Å². The molecule has 0 unspecified atom stereocenters. The van der Waals surface area contributed by atoms with Gasteiger partial charge in [-0.05, 0) is 48.0 Å². The number of hydrogen-bond acceptors (Lipinski definition) is 3. The van der Waals surface area contributed by atoms with Gasteiger partial charge < -0.3 is 9.64 Å². The van der Waals surface area contributed by atoms with Gasteiger partial charge in [0.1, 0.15) is 5.75 Å². The lowest BCUT2D eigenvalue weighted by Crippen LogP contribution is -2.37. The van der Waals surface area contributed by atoms with Crippen LogP contribution < -0.4 is 4.74 Å². The minimum absolute atomic E-state index is 0.0572. The average Bonchev–Trinajstić information content (AvgIpc) is 2.38. The highest BCUT2D eigenvalue weighted by Crippen LogP contribution is 2.26. The number of hydrogen-bond donors (Lipinski definition) is 0. The van der Waals surface area contributed by atoms with E-state index in [1.54, 1.807) is 30.2 Å². The van der Waals surface area contributed by atoms with Gasteiger partial charge in [0.25, 0.3) is 5.91 Å². The van der Waals surface area contributed by atoms with E-state index < -0.39 is 0 Å². The van der Waals surface area contributed by atoms with Crippen LogP contribution in [0.4, 0.5) is 0 Å². The minimum Gasteiger partial charge on any atom is -0.496 e. The normalized spacial score (nSPS) is 10.1. The largest absolute Gasteiger partial charge is 0.496 e. The molecule has 0 atom stereocenters. The SMILES string of the molecule is COc1ccc(C(=O)N(CCC#N)C(C)C)cc1Br. The van der Waals surface area contributed by atoms with Gasteiger partial charge in [0.15, 0.2) is 0 Å². The van der Waals surface area contributed by atoms with Crippen LogP contribution in [0.1, 0.15) is 30.6 Å². The van der Waals surface area contributed by atoms with Crippen molar-refractivity contribution in [1.82, 2.24) is 4.90 Å². The molecule has 4 nitrogen and oxygen atoms in total. The number of ether oxygens (including phenoxy) is 1. The minimum atomic E-state index is -0.0754. The number of nitriles is 1. The summed E-state index contributed by atoms with van der Waals surface area (Å²) >= 11 is 3.37. The topological polar surface area (TPSA) is 53.3 Å². The summed E-state index contributed by atoms with van der Waals surface area (Å²) < 4.78 is 5.88. The summed E-state index contributed by atoms with van der Waals surface area (Å²) in [6, 6.07) is 7.34. The highest BCUT2D eigenvalue weighted by molar-refractivity contribution is 9.10. The summed E-state index contributed by atoms with van der Waals surface area (Å²) in [7, 11) is 1.58. The fourth-order valence-corrected chi connectivity index (χ4v) is 2.27. The number of benzene rings is 1. The lowest BCUT2D eigenvalue weighted by molar-refractivity contribution is 0.0710. The number of halogens is 1. The van der Waals surface area contributed by atoms with Crippen molar-refractivity contribution in [2.24, 2.45) is 0 Å². The van der Waals surface area contributed by atoms with Gasteiger partial charge >= 0.3 is 0 Å². The zero-order chi connectivity index (χ0) is 14.4. The van der Waals surface area contributed by atoms with Gasteiger partial charge in [0, 0.05) is 18.2 Å². The molecular formula is C14H17BrN2O2. The predicted molar refractivity (Wildman–Crippen MR) is 77.1 cm³/mol. The summed E-state index contributed by atoms with van der Waals surface area (Å²) in [5, 5.41) is 8.65. The van der Waals surface area contributed by atoms with Crippen molar-refractivity contribution in [1.29, 1.82) is 5.26 Å². The third-order valence-electron chi connectivity index (χ3n) is 2.75. The molecule has 0 aliphatic carbocycles. The molecular weight excluding hydrogens is 308 g/mol. The molecule has 1 rings (SSSR count). The summed E-state index contributed by atoms with van der Waals surface area (Å²) in [5.74, 6) is 0.610. The number of rotatable bonds is 5. The third kappa shape index (κ3) is 3.97. The van der Waals surface area contributed by atoms with E-state index in [9.17, 15) is 4.79 Å². The van der Waals surface area contributed by atoms with Crippen molar-refractivity contribution in [3.8, 4) is 11.8 Å². The van der Waals surface area contributed by atoms with Crippen LogP contribution in [0.25, 0.3) is 0 Å². The molecule has 0 aliphatic rings. The Bertz CT molecular complexity index is 495. The number of carbonyl (C=O) groups excluding carboxylic acids is 1. The summed E-state index contributed by atoms with van der Waals surface area (Å²) in [5.41, 5.74) is 0.583. The first-order valence-electron chi connectivity index (χ1n) is 6.02. The van der Waals surface area contributed by atoms with Crippen molar-refractivity contribution < 1.29 is 9.53 Å². The zero-order valence-corrected chi connectivity index (χ0v) is 12.9. The van der Waals surface area contributed by atoms with Crippen molar-refractivity contribution in [3.63, 3.8) is 0 Å². The van der Waals surface area contributed by atoms with Gasteiger partial charge in [0.2, 0.25) is 0 Å². The van der Waals surface area contributed by atoms with Crippen LogP contribution in [-0.4, -0.2) is 30.5 Å². The van der Waals surface area contributed by atoms with Crippen molar-refractivity contribution in [2.75, 3.05) is 13.7 Å². The molecule has 0 bridgehead atoms. The first kappa shape index (κ1) is 15.5. The number of methoxy groups -OCH3 is 1. The Labute approximate surface area is 122 Å². The molecule has 0 aromatic heterocycles. The van der Waals surface area contributed by atoms with E-state index in [-0.39, 0.29) is 11.9 Å². The van der Waals surface area contributed by atoms with Crippen molar-refractivity contribution >= 4 is 21.8 Å². The lowest BCUT2D eigenvalue weighted by Gasteiger charge is -2.26. The molecule has 19 heavy (non-hydrogen) atoms. The standard InChI is InChI=1S/C14H17BrN2O2/c1-10(2)17(8-4-7-16)14(18)11-5-6-13(19-3)12(15)9-11/h5-6,9-10H,4,8H2,1-3H3. The maximum absolute atomic E-state index is 12.4. The molecule has 0 aliphatic heterocycles. The maximum Gasteiger partial charge on any atom is 0.254 e. The summed E-state index contributed by atoms with van der Waals surface area (Å²) in [4.78, 5) is 14.1. The Morgan fingerprint density at radius 1 is 1.53 bits per heavy atom. The molecule has 0 spiro atoms. The Hall–Kier alpha value is -1.54. The first-order valence-corrected chi connectivity index (χ1v) is 6.82. The van der Waals surface area contributed by atoms with Gasteiger partial charge in [-0.2, -0.15) is 5.26 Å². The van der Waals surface area contributed by atoms with Crippen LogP contribution in [-0.2, 0) is 0 Å². The van der Waals surface area contributed by atoms with Gasteiger partial charge in [0.05, 0.1) is 24.1 Å². The highest BCUT2D eigenvalue weighted by Gasteiger charge is 2.19. The fraction of sp³-hybridized carbons (Fsp3) is 0.429. The number of amides is 1. The van der Waals surface area contributed by atoms with Crippen LogP contribution in [0.5, 0.6) is 5.75 Å². The second kappa shape index (κ2) is 7.15. The quantitative estimate of drug-likeness (QED) is 0.835. The molecule has 1 amide bonds. The number of carbonyl (C=O) groups is 1. The predicted octanol–water partition coefficient (Wildman–Crippen LogP) is 3.22. The average molecular weight is 325 g/mol. The second-order valence-corrected chi connectivity index (χ2v) is 5.20.